The molecule has 6 heteroatoms. The van der Waals surface area contributed by atoms with Gasteiger partial charge in [-0.25, -0.2) is 0 Å². The van der Waals surface area contributed by atoms with Gasteiger partial charge < -0.3 is 21.3 Å². The number of benzene rings is 4. The van der Waals surface area contributed by atoms with Gasteiger partial charge in [-0.2, -0.15) is 10.5 Å². The van der Waals surface area contributed by atoms with E-state index in [2.05, 4.69) is 113 Å². The van der Waals surface area contributed by atoms with Gasteiger partial charge in [0.1, 0.15) is 0 Å². The van der Waals surface area contributed by atoms with Crippen molar-refractivity contribution in [1.82, 2.24) is 21.3 Å². The maximum Gasteiger partial charge on any atom is 0.0998 e. The molecule has 0 aromatic heterocycles. The molecule has 0 spiro atoms. The second-order valence-corrected chi connectivity index (χ2v) is 15.7. The molecule has 0 heterocycles. The molecule has 50 heavy (non-hydrogen) atoms. The summed E-state index contributed by atoms with van der Waals surface area (Å²) in [6.07, 6.45) is 7.33. The van der Waals surface area contributed by atoms with Gasteiger partial charge >= 0.3 is 0 Å². The van der Waals surface area contributed by atoms with Crippen molar-refractivity contribution in [1.29, 1.82) is 10.5 Å². The molecule has 0 radical (unpaired) electrons. The molecule has 8 rings (SSSR count). The summed E-state index contributed by atoms with van der Waals surface area (Å²) < 4.78 is 0. The molecular formula is C44H48N6. The monoisotopic (exact) mass is 660 g/mol. The summed E-state index contributed by atoms with van der Waals surface area (Å²) in [5.74, 6) is 1.17. The van der Waals surface area contributed by atoms with E-state index in [1.807, 2.05) is 24.3 Å². The van der Waals surface area contributed by atoms with Crippen LogP contribution in [0.5, 0.6) is 0 Å². The standard InChI is InChI=1S/C44H48N6/c1-30(47-27-43(16-17-43)28-48-41-22-39(41)33-6-3-2-4-7-33)34-14-15-38(37(20-34)25-46)35-8-5-9-36(21-35)40-23-42(40)49-29-44(18-19-44)50-26-32-12-10-31(24-45)11-13-32/h2-15,20-21,30,39-42,47-50H,16-19,22-23,26-29H2,1H3/t30?,39?,40-,41+,42?/m1/s1. The zero-order chi connectivity index (χ0) is 34.1. The van der Waals surface area contributed by atoms with Crippen LogP contribution in [0.1, 0.15) is 96.7 Å². The zero-order valence-electron chi connectivity index (χ0n) is 29.1. The van der Waals surface area contributed by atoms with E-state index < -0.39 is 0 Å². The Kier molecular flexibility index (Phi) is 9.06. The first kappa shape index (κ1) is 32.9. The van der Waals surface area contributed by atoms with Crippen molar-refractivity contribution in [2.75, 3.05) is 19.6 Å². The minimum absolute atomic E-state index is 0.178. The molecule has 5 atom stereocenters. The molecule has 4 fully saturated rings. The van der Waals surface area contributed by atoms with Gasteiger partial charge in [-0.05, 0) is 102 Å². The SMILES string of the molecule is CC(NCC1(CN[C@H]2CC2c2ccccc2)CC1)c1ccc(-c2cccc([C@H]3CC3NCC3(NCc4ccc(C#N)cc4)CC3)c2)c(C#N)c1. The lowest BCUT2D eigenvalue weighted by atomic mass is 9.94. The molecule has 4 saturated carbocycles. The molecule has 4 aliphatic rings. The lowest BCUT2D eigenvalue weighted by Crippen LogP contribution is -2.41. The molecule has 4 aromatic carbocycles. The number of hydrogen-bond acceptors (Lipinski definition) is 6. The first-order chi connectivity index (χ1) is 24.5. The lowest BCUT2D eigenvalue weighted by Gasteiger charge is -2.22. The van der Waals surface area contributed by atoms with Crippen molar-refractivity contribution in [2.24, 2.45) is 5.41 Å². The fraction of sp³-hybridized carbons (Fsp3) is 0.409. The van der Waals surface area contributed by atoms with Crippen LogP contribution in [0, 0.1) is 28.1 Å². The van der Waals surface area contributed by atoms with Crippen LogP contribution in [0.15, 0.2) is 97.1 Å². The molecule has 0 amide bonds. The van der Waals surface area contributed by atoms with Crippen LogP contribution in [0.25, 0.3) is 11.1 Å². The second kappa shape index (κ2) is 13.8. The van der Waals surface area contributed by atoms with Crippen molar-refractivity contribution in [3.63, 3.8) is 0 Å². The van der Waals surface area contributed by atoms with E-state index in [1.54, 1.807) is 0 Å². The molecule has 0 saturated heterocycles. The van der Waals surface area contributed by atoms with Crippen LogP contribution in [-0.4, -0.2) is 37.3 Å². The molecule has 0 aliphatic heterocycles. The molecule has 4 aromatic rings. The van der Waals surface area contributed by atoms with Crippen LogP contribution in [0.2, 0.25) is 0 Å². The average Bonchev–Trinajstić information content (AvgIpc) is 3.99. The number of nitrogens with one attached hydrogen (secondary N) is 4. The van der Waals surface area contributed by atoms with Gasteiger partial charge in [-0.3, -0.25) is 0 Å². The summed E-state index contributed by atoms with van der Waals surface area (Å²) in [7, 11) is 0. The summed E-state index contributed by atoms with van der Waals surface area (Å²) in [6, 6.07) is 40.0. The Morgan fingerprint density at radius 2 is 1.44 bits per heavy atom. The quantitative estimate of drug-likeness (QED) is 0.0998. The fourth-order valence-corrected chi connectivity index (χ4v) is 7.70. The maximum absolute atomic E-state index is 10.2. The Labute approximate surface area is 297 Å². The van der Waals surface area contributed by atoms with Gasteiger partial charge in [0.25, 0.3) is 0 Å². The summed E-state index contributed by atoms with van der Waals surface area (Å²) in [6.45, 7) is 6.10. The first-order valence-corrected chi connectivity index (χ1v) is 18.6. The Bertz CT molecular complexity index is 1900. The molecule has 4 N–H and O–H groups in total. The Morgan fingerprint density at radius 3 is 2.14 bits per heavy atom. The van der Waals surface area contributed by atoms with Crippen LogP contribution in [-0.2, 0) is 6.54 Å². The van der Waals surface area contributed by atoms with Crippen LogP contribution < -0.4 is 21.3 Å². The highest BCUT2D eigenvalue weighted by Gasteiger charge is 2.46. The molecular weight excluding hydrogens is 613 g/mol. The summed E-state index contributed by atoms with van der Waals surface area (Å²) in [5, 5.41) is 34.6. The van der Waals surface area contributed by atoms with Crippen LogP contribution in [0.3, 0.4) is 0 Å². The molecule has 254 valence electrons. The van der Waals surface area contributed by atoms with Gasteiger partial charge in [0, 0.05) is 61.7 Å². The number of rotatable bonds is 16. The second-order valence-electron chi connectivity index (χ2n) is 15.7. The third-order valence-corrected chi connectivity index (χ3v) is 11.9. The van der Waals surface area contributed by atoms with Crippen LogP contribution >= 0.6 is 0 Å². The minimum Gasteiger partial charge on any atom is -0.313 e. The maximum atomic E-state index is 10.2. The summed E-state index contributed by atoms with van der Waals surface area (Å²) in [5.41, 5.74) is 9.31. The van der Waals surface area contributed by atoms with E-state index in [1.165, 1.54) is 54.4 Å². The van der Waals surface area contributed by atoms with E-state index in [-0.39, 0.29) is 11.6 Å². The van der Waals surface area contributed by atoms with Gasteiger partial charge in [0.15, 0.2) is 0 Å². The van der Waals surface area contributed by atoms with E-state index in [0.29, 0.717) is 34.9 Å². The van der Waals surface area contributed by atoms with E-state index >= 15 is 0 Å². The Hall–Kier alpha value is -4.30. The Balaban J connectivity index is 0.823. The third kappa shape index (κ3) is 7.55. The average molecular weight is 661 g/mol. The van der Waals surface area contributed by atoms with Crippen molar-refractivity contribution < 1.29 is 0 Å². The summed E-state index contributed by atoms with van der Waals surface area (Å²) >= 11 is 0. The number of nitrogens with zero attached hydrogens (tertiary/aromatic N) is 2. The third-order valence-electron chi connectivity index (χ3n) is 11.9. The van der Waals surface area contributed by atoms with Crippen molar-refractivity contribution >= 4 is 0 Å². The van der Waals surface area contributed by atoms with Crippen molar-refractivity contribution in [3.05, 3.63) is 130 Å². The van der Waals surface area contributed by atoms with Gasteiger partial charge in [0.2, 0.25) is 0 Å². The van der Waals surface area contributed by atoms with Crippen LogP contribution in [0.4, 0.5) is 0 Å². The molecule has 0 bridgehead atoms. The predicted molar refractivity (Wildman–Crippen MR) is 199 cm³/mol. The topological polar surface area (TPSA) is 95.7 Å². The van der Waals surface area contributed by atoms with Gasteiger partial charge in [-0.15, -0.1) is 0 Å². The highest BCUT2D eigenvalue weighted by molar-refractivity contribution is 5.72. The molecule has 6 nitrogen and oxygen atoms in total. The largest absolute Gasteiger partial charge is 0.313 e. The fourth-order valence-electron chi connectivity index (χ4n) is 7.70. The molecule has 4 aliphatic carbocycles. The highest BCUT2D eigenvalue weighted by atomic mass is 15.1. The lowest BCUT2D eigenvalue weighted by molar-refractivity contribution is 0.398. The first-order valence-electron chi connectivity index (χ1n) is 18.6. The number of nitriles is 2. The normalized spacial score (nSPS) is 24.1. The molecule has 3 unspecified atom stereocenters. The van der Waals surface area contributed by atoms with E-state index in [9.17, 15) is 5.26 Å². The zero-order valence-corrected chi connectivity index (χ0v) is 29.1. The Morgan fingerprint density at radius 1 is 0.720 bits per heavy atom. The minimum atomic E-state index is 0.178. The number of hydrogen-bond donors (Lipinski definition) is 4. The van der Waals surface area contributed by atoms with Crippen molar-refractivity contribution in [2.45, 2.75) is 87.5 Å². The van der Waals surface area contributed by atoms with Gasteiger partial charge in [-0.1, -0.05) is 78.9 Å². The van der Waals surface area contributed by atoms with Gasteiger partial charge in [0.05, 0.1) is 23.3 Å². The predicted octanol–water partition coefficient (Wildman–Crippen LogP) is 7.44. The summed E-state index contributed by atoms with van der Waals surface area (Å²) in [4.78, 5) is 0. The van der Waals surface area contributed by atoms with E-state index in [4.69, 9.17) is 5.26 Å². The van der Waals surface area contributed by atoms with E-state index in [0.717, 1.165) is 49.3 Å². The highest BCUT2D eigenvalue weighted by Crippen LogP contribution is 2.47. The van der Waals surface area contributed by atoms with Crippen molar-refractivity contribution in [3.8, 4) is 23.3 Å². The smallest absolute Gasteiger partial charge is 0.0998 e.